The lowest BCUT2D eigenvalue weighted by atomic mass is 10.1. The Kier molecular flexibility index (Phi) is 6.03. The van der Waals surface area contributed by atoms with E-state index in [-0.39, 0.29) is 11.9 Å². The molecule has 0 bridgehead atoms. The SMILES string of the molecule is COc1ccc(CCNC(=O)C(C)Nc2ccc(C)cc2)cc1. The highest BCUT2D eigenvalue weighted by atomic mass is 16.5. The Bertz CT molecular complexity index is 621. The van der Waals surface area contributed by atoms with E-state index in [1.165, 1.54) is 11.1 Å². The molecule has 0 spiro atoms. The van der Waals surface area contributed by atoms with Crippen LogP contribution in [0.25, 0.3) is 0 Å². The molecule has 1 unspecified atom stereocenters. The highest BCUT2D eigenvalue weighted by Gasteiger charge is 2.11. The Labute approximate surface area is 137 Å². The fourth-order valence-electron chi connectivity index (χ4n) is 2.24. The van der Waals surface area contributed by atoms with Gasteiger partial charge in [0.2, 0.25) is 5.91 Å². The number of carbonyl (C=O) groups is 1. The molecule has 2 N–H and O–H groups in total. The number of benzene rings is 2. The average molecular weight is 312 g/mol. The first-order chi connectivity index (χ1) is 11.1. The molecule has 0 aromatic heterocycles. The summed E-state index contributed by atoms with van der Waals surface area (Å²) >= 11 is 0. The Hall–Kier alpha value is -2.49. The zero-order chi connectivity index (χ0) is 16.7. The molecule has 0 saturated heterocycles. The zero-order valence-electron chi connectivity index (χ0n) is 13.9. The number of hydrogen-bond donors (Lipinski definition) is 2. The van der Waals surface area contributed by atoms with Crippen molar-refractivity contribution in [2.75, 3.05) is 19.0 Å². The molecule has 0 fully saturated rings. The van der Waals surface area contributed by atoms with Crippen LogP contribution in [0.4, 0.5) is 5.69 Å². The quantitative estimate of drug-likeness (QED) is 0.825. The summed E-state index contributed by atoms with van der Waals surface area (Å²) in [5.74, 6) is 0.841. The van der Waals surface area contributed by atoms with Gasteiger partial charge in [0.25, 0.3) is 0 Å². The Morgan fingerprint density at radius 1 is 1.09 bits per heavy atom. The van der Waals surface area contributed by atoms with Gasteiger partial charge in [0.05, 0.1) is 7.11 Å². The topological polar surface area (TPSA) is 50.4 Å². The summed E-state index contributed by atoms with van der Waals surface area (Å²) in [5.41, 5.74) is 3.32. The molecule has 0 aliphatic carbocycles. The van der Waals surface area contributed by atoms with Crippen LogP contribution in [0.15, 0.2) is 48.5 Å². The predicted molar refractivity (Wildman–Crippen MR) is 94.0 cm³/mol. The largest absolute Gasteiger partial charge is 0.497 e. The van der Waals surface area contributed by atoms with Crippen LogP contribution in [0.5, 0.6) is 5.75 Å². The highest BCUT2D eigenvalue weighted by Crippen LogP contribution is 2.12. The fraction of sp³-hybridized carbons (Fsp3) is 0.316. The van der Waals surface area contributed by atoms with Crippen molar-refractivity contribution >= 4 is 11.6 Å². The maximum atomic E-state index is 12.1. The molecule has 23 heavy (non-hydrogen) atoms. The van der Waals surface area contributed by atoms with E-state index in [9.17, 15) is 4.79 Å². The minimum Gasteiger partial charge on any atom is -0.497 e. The molecule has 0 radical (unpaired) electrons. The molecular weight excluding hydrogens is 288 g/mol. The summed E-state index contributed by atoms with van der Waals surface area (Å²) < 4.78 is 5.13. The van der Waals surface area contributed by atoms with Crippen molar-refractivity contribution in [2.45, 2.75) is 26.3 Å². The van der Waals surface area contributed by atoms with Crippen LogP contribution < -0.4 is 15.4 Å². The summed E-state index contributed by atoms with van der Waals surface area (Å²) in [7, 11) is 1.65. The van der Waals surface area contributed by atoms with Crippen LogP contribution in [-0.4, -0.2) is 25.6 Å². The van der Waals surface area contributed by atoms with E-state index in [0.29, 0.717) is 6.54 Å². The van der Waals surface area contributed by atoms with E-state index in [0.717, 1.165) is 17.9 Å². The first-order valence-corrected chi connectivity index (χ1v) is 7.82. The van der Waals surface area contributed by atoms with Crippen molar-refractivity contribution in [1.29, 1.82) is 0 Å². The van der Waals surface area contributed by atoms with Crippen LogP contribution in [0.3, 0.4) is 0 Å². The molecule has 0 saturated carbocycles. The normalized spacial score (nSPS) is 11.6. The van der Waals surface area contributed by atoms with Gasteiger partial charge in [0.15, 0.2) is 0 Å². The first kappa shape index (κ1) is 16.9. The van der Waals surface area contributed by atoms with Gasteiger partial charge in [0, 0.05) is 12.2 Å². The van der Waals surface area contributed by atoms with Crippen LogP contribution in [0.1, 0.15) is 18.1 Å². The van der Waals surface area contributed by atoms with Crippen molar-refractivity contribution in [3.63, 3.8) is 0 Å². The van der Waals surface area contributed by atoms with E-state index < -0.39 is 0 Å². The summed E-state index contributed by atoms with van der Waals surface area (Å²) in [5, 5.41) is 6.16. The first-order valence-electron chi connectivity index (χ1n) is 7.82. The predicted octanol–water partition coefficient (Wildman–Crippen LogP) is 3.16. The number of methoxy groups -OCH3 is 1. The molecule has 0 aliphatic heterocycles. The number of amides is 1. The number of anilines is 1. The van der Waals surface area contributed by atoms with E-state index in [2.05, 4.69) is 10.6 Å². The fourth-order valence-corrected chi connectivity index (χ4v) is 2.24. The van der Waals surface area contributed by atoms with Crippen LogP contribution >= 0.6 is 0 Å². The number of aryl methyl sites for hydroxylation is 1. The monoisotopic (exact) mass is 312 g/mol. The molecule has 2 aromatic carbocycles. The van der Waals surface area contributed by atoms with Gasteiger partial charge in [-0.2, -0.15) is 0 Å². The third kappa shape index (κ3) is 5.33. The van der Waals surface area contributed by atoms with Gasteiger partial charge in [-0.1, -0.05) is 29.8 Å². The summed E-state index contributed by atoms with van der Waals surface area (Å²) in [6.07, 6.45) is 0.799. The molecule has 122 valence electrons. The summed E-state index contributed by atoms with van der Waals surface area (Å²) in [6.45, 7) is 4.52. The van der Waals surface area contributed by atoms with Crippen molar-refractivity contribution in [3.05, 3.63) is 59.7 Å². The molecule has 2 rings (SSSR count). The van der Waals surface area contributed by atoms with Crippen LogP contribution in [0.2, 0.25) is 0 Å². The molecule has 4 nitrogen and oxygen atoms in total. The Morgan fingerprint density at radius 2 is 1.74 bits per heavy atom. The highest BCUT2D eigenvalue weighted by molar-refractivity contribution is 5.84. The molecule has 1 amide bonds. The van der Waals surface area contributed by atoms with Crippen molar-refractivity contribution in [1.82, 2.24) is 5.32 Å². The standard InChI is InChI=1S/C19H24N2O2/c1-14-4-8-17(9-5-14)21-15(2)19(22)20-13-12-16-6-10-18(23-3)11-7-16/h4-11,15,21H,12-13H2,1-3H3,(H,20,22). The van der Waals surface area contributed by atoms with E-state index in [4.69, 9.17) is 4.74 Å². The maximum Gasteiger partial charge on any atom is 0.242 e. The second-order valence-electron chi connectivity index (χ2n) is 5.62. The molecular formula is C19H24N2O2. The van der Waals surface area contributed by atoms with Crippen LogP contribution in [-0.2, 0) is 11.2 Å². The number of carbonyl (C=O) groups excluding carboxylic acids is 1. The van der Waals surface area contributed by atoms with Gasteiger partial charge in [-0.15, -0.1) is 0 Å². The number of ether oxygens (including phenoxy) is 1. The van der Waals surface area contributed by atoms with Crippen molar-refractivity contribution < 1.29 is 9.53 Å². The number of rotatable bonds is 7. The van der Waals surface area contributed by atoms with Crippen molar-refractivity contribution in [2.24, 2.45) is 0 Å². The van der Waals surface area contributed by atoms with E-state index in [1.807, 2.05) is 62.4 Å². The zero-order valence-corrected chi connectivity index (χ0v) is 13.9. The van der Waals surface area contributed by atoms with Gasteiger partial charge in [-0.05, 0) is 50.1 Å². The second kappa shape index (κ2) is 8.22. The lowest BCUT2D eigenvalue weighted by Gasteiger charge is -2.15. The van der Waals surface area contributed by atoms with Gasteiger partial charge < -0.3 is 15.4 Å². The van der Waals surface area contributed by atoms with Gasteiger partial charge >= 0.3 is 0 Å². The summed E-state index contributed by atoms with van der Waals surface area (Å²) in [4.78, 5) is 12.1. The van der Waals surface area contributed by atoms with Gasteiger partial charge in [-0.3, -0.25) is 4.79 Å². The van der Waals surface area contributed by atoms with Gasteiger partial charge in [0.1, 0.15) is 11.8 Å². The molecule has 0 heterocycles. The van der Waals surface area contributed by atoms with E-state index in [1.54, 1.807) is 7.11 Å². The second-order valence-corrected chi connectivity index (χ2v) is 5.62. The maximum absolute atomic E-state index is 12.1. The minimum atomic E-state index is -0.270. The third-order valence-electron chi connectivity index (χ3n) is 3.70. The van der Waals surface area contributed by atoms with Crippen molar-refractivity contribution in [3.8, 4) is 5.75 Å². The number of hydrogen-bond acceptors (Lipinski definition) is 3. The Balaban J connectivity index is 1.75. The van der Waals surface area contributed by atoms with Gasteiger partial charge in [-0.25, -0.2) is 0 Å². The molecule has 0 aliphatic rings. The Morgan fingerprint density at radius 3 is 2.35 bits per heavy atom. The smallest absolute Gasteiger partial charge is 0.242 e. The van der Waals surface area contributed by atoms with Crippen LogP contribution in [0, 0.1) is 6.92 Å². The average Bonchev–Trinajstić information content (AvgIpc) is 2.57. The molecule has 1 atom stereocenters. The summed E-state index contributed by atoms with van der Waals surface area (Å²) in [6, 6.07) is 15.6. The lowest BCUT2D eigenvalue weighted by molar-refractivity contribution is -0.121. The van der Waals surface area contributed by atoms with E-state index >= 15 is 0 Å². The lowest BCUT2D eigenvalue weighted by Crippen LogP contribution is -2.38. The molecule has 2 aromatic rings. The number of nitrogens with one attached hydrogen (secondary N) is 2. The molecule has 4 heteroatoms. The third-order valence-corrected chi connectivity index (χ3v) is 3.70. The minimum absolute atomic E-state index is 0.000846.